The first-order chi connectivity index (χ1) is 7.32. The van der Waals surface area contributed by atoms with Crippen LogP contribution in [0.1, 0.15) is 33.6 Å². The van der Waals surface area contributed by atoms with Crippen molar-refractivity contribution in [3.8, 4) is 0 Å². The quantitative estimate of drug-likeness (QED) is 0.694. The van der Waals surface area contributed by atoms with Crippen LogP contribution in [0, 0.1) is 16.7 Å². The van der Waals surface area contributed by atoms with Gasteiger partial charge in [0, 0.05) is 6.54 Å². The molecule has 1 saturated carbocycles. The number of likely N-dealkylation sites (tertiary alicyclic amines) is 1. The standard InChI is InChI=1S/C13H21NO2/c1-5-10-6-9-7-13(9,12(2,3)4)8-14(10)11(15)16/h5,9-10H,1,6-8H2,2-4H3,(H,15,16)/t9-,10+,13+/m0/s1. The van der Waals surface area contributed by atoms with E-state index in [1.165, 1.54) is 6.42 Å². The van der Waals surface area contributed by atoms with Crippen molar-refractivity contribution in [3.63, 3.8) is 0 Å². The molecule has 16 heavy (non-hydrogen) atoms. The van der Waals surface area contributed by atoms with Gasteiger partial charge in [0.25, 0.3) is 0 Å². The maximum absolute atomic E-state index is 11.2. The predicted molar refractivity (Wildman–Crippen MR) is 63.3 cm³/mol. The predicted octanol–water partition coefficient (Wildman–Crippen LogP) is 2.98. The number of carboxylic acid groups (broad SMARTS) is 1. The first-order valence-corrected chi connectivity index (χ1v) is 5.94. The molecule has 1 aliphatic carbocycles. The summed E-state index contributed by atoms with van der Waals surface area (Å²) in [5.41, 5.74) is 0.405. The number of nitrogens with zero attached hydrogens (tertiary/aromatic N) is 1. The Hall–Kier alpha value is -0.990. The maximum Gasteiger partial charge on any atom is 0.407 e. The highest BCUT2D eigenvalue weighted by atomic mass is 16.4. The molecule has 0 radical (unpaired) electrons. The third-order valence-corrected chi connectivity index (χ3v) is 4.62. The van der Waals surface area contributed by atoms with Crippen LogP contribution in [0.3, 0.4) is 0 Å². The smallest absolute Gasteiger partial charge is 0.407 e. The highest BCUT2D eigenvalue weighted by Crippen LogP contribution is 2.67. The Morgan fingerprint density at radius 1 is 1.56 bits per heavy atom. The van der Waals surface area contributed by atoms with E-state index in [9.17, 15) is 9.90 Å². The Morgan fingerprint density at radius 3 is 2.62 bits per heavy atom. The number of piperidine rings is 1. The summed E-state index contributed by atoms with van der Waals surface area (Å²) in [5, 5.41) is 9.23. The Morgan fingerprint density at radius 2 is 2.19 bits per heavy atom. The number of hydrogen-bond donors (Lipinski definition) is 1. The summed E-state index contributed by atoms with van der Waals surface area (Å²) in [6, 6.07) is 0.0143. The summed E-state index contributed by atoms with van der Waals surface area (Å²) in [4.78, 5) is 12.8. The summed E-state index contributed by atoms with van der Waals surface area (Å²) >= 11 is 0. The Kier molecular flexibility index (Phi) is 2.34. The first-order valence-electron chi connectivity index (χ1n) is 5.94. The Bertz CT molecular complexity index is 331. The van der Waals surface area contributed by atoms with Gasteiger partial charge in [0.05, 0.1) is 6.04 Å². The molecule has 3 atom stereocenters. The van der Waals surface area contributed by atoms with Crippen molar-refractivity contribution in [2.24, 2.45) is 16.7 Å². The van der Waals surface area contributed by atoms with Crippen LogP contribution >= 0.6 is 0 Å². The average Bonchev–Trinajstić information content (AvgIpc) is 2.88. The second-order valence-electron chi connectivity index (χ2n) is 6.26. The molecule has 1 heterocycles. The van der Waals surface area contributed by atoms with Crippen molar-refractivity contribution in [1.82, 2.24) is 4.90 Å². The van der Waals surface area contributed by atoms with Gasteiger partial charge in [-0.15, -0.1) is 6.58 Å². The lowest BCUT2D eigenvalue weighted by Gasteiger charge is -2.42. The van der Waals surface area contributed by atoms with E-state index in [1.54, 1.807) is 11.0 Å². The molecule has 1 amide bonds. The van der Waals surface area contributed by atoms with Gasteiger partial charge in [-0.2, -0.15) is 0 Å². The molecule has 0 aromatic carbocycles. The molecule has 1 saturated heterocycles. The zero-order valence-electron chi connectivity index (χ0n) is 10.4. The number of carbonyl (C=O) groups is 1. The van der Waals surface area contributed by atoms with E-state index in [0.717, 1.165) is 6.42 Å². The van der Waals surface area contributed by atoms with Gasteiger partial charge in [-0.05, 0) is 29.6 Å². The van der Waals surface area contributed by atoms with Crippen LogP contribution in [0.5, 0.6) is 0 Å². The molecule has 0 aromatic rings. The maximum atomic E-state index is 11.2. The SMILES string of the molecule is C=C[C@@H]1C[C@H]2C[C@@]2(C(C)(C)C)CN1C(=O)O. The highest BCUT2D eigenvalue weighted by molar-refractivity contribution is 5.66. The van der Waals surface area contributed by atoms with Crippen molar-refractivity contribution in [2.75, 3.05) is 6.54 Å². The third-order valence-electron chi connectivity index (χ3n) is 4.62. The molecule has 0 aromatic heterocycles. The number of fused-ring (bicyclic) bond motifs is 1. The number of rotatable bonds is 1. The van der Waals surface area contributed by atoms with Gasteiger partial charge in [-0.3, -0.25) is 0 Å². The third kappa shape index (κ3) is 1.45. The van der Waals surface area contributed by atoms with Gasteiger partial charge < -0.3 is 10.0 Å². The van der Waals surface area contributed by atoms with Crippen molar-refractivity contribution < 1.29 is 9.90 Å². The van der Waals surface area contributed by atoms with Crippen LogP contribution in [0.2, 0.25) is 0 Å². The second-order valence-corrected chi connectivity index (χ2v) is 6.26. The fourth-order valence-electron chi connectivity index (χ4n) is 3.31. The largest absolute Gasteiger partial charge is 0.465 e. The summed E-state index contributed by atoms with van der Waals surface area (Å²) < 4.78 is 0. The molecule has 0 unspecified atom stereocenters. The van der Waals surface area contributed by atoms with Crippen molar-refractivity contribution in [3.05, 3.63) is 12.7 Å². The molecule has 2 rings (SSSR count). The minimum absolute atomic E-state index is 0.0143. The van der Waals surface area contributed by atoms with Crippen LogP contribution < -0.4 is 0 Å². The second kappa shape index (κ2) is 3.25. The van der Waals surface area contributed by atoms with E-state index in [0.29, 0.717) is 12.5 Å². The van der Waals surface area contributed by atoms with E-state index in [1.807, 2.05) is 0 Å². The molecule has 1 aliphatic heterocycles. The number of amides is 1. The van der Waals surface area contributed by atoms with E-state index >= 15 is 0 Å². The summed E-state index contributed by atoms with van der Waals surface area (Å²) in [6.45, 7) is 11.1. The summed E-state index contributed by atoms with van der Waals surface area (Å²) in [7, 11) is 0. The Balaban J connectivity index is 2.22. The topological polar surface area (TPSA) is 40.5 Å². The van der Waals surface area contributed by atoms with Crippen molar-refractivity contribution in [1.29, 1.82) is 0 Å². The molecular formula is C13H21NO2. The molecule has 2 fully saturated rings. The van der Waals surface area contributed by atoms with Crippen molar-refractivity contribution in [2.45, 2.75) is 39.7 Å². The summed E-state index contributed by atoms with van der Waals surface area (Å²) in [6.07, 6.45) is 3.09. The summed E-state index contributed by atoms with van der Waals surface area (Å²) in [5.74, 6) is 0.686. The lowest BCUT2D eigenvalue weighted by molar-refractivity contribution is 0.0556. The van der Waals surface area contributed by atoms with Gasteiger partial charge in [-0.25, -0.2) is 4.79 Å². The molecule has 3 heteroatoms. The van der Waals surface area contributed by atoms with Crippen LogP contribution in [0.15, 0.2) is 12.7 Å². The lowest BCUT2D eigenvalue weighted by atomic mass is 9.73. The lowest BCUT2D eigenvalue weighted by Crippen LogP contribution is -2.49. The molecule has 90 valence electrons. The van der Waals surface area contributed by atoms with Crippen molar-refractivity contribution >= 4 is 6.09 Å². The zero-order chi connectivity index (χ0) is 12.1. The fourth-order valence-corrected chi connectivity index (χ4v) is 3.31. The normalized spacial score (nSPS) is 37.8. The van der Waals surface area contributed by atoms with Crippen LogP contribution in [0.4, 0.5) is 4.79 Å². The molecule has 3 nitrogen and oxygen atoms in total. The van der Waals surface area contributed by atoms with E-state index in [-0.39, 0.29) is 16.9 Å². The molecule has 2 aliphatic rings. The molecular weight excluding hydrogens is 202 g/mol. The fraction of sp³-hybridized carbons (Fsp3) is 0.769. The number of hydrogen-bond acceptors (Lipinski definition) is 1. The Labute approximate surface area is 97.1 Å². The molecule has 0 spiro atoms. The van der Waals surface area contributed by atoms with Crippen LogP contribution in [0.25, 0.3) is 0 Å². The van der Waals surface area contributed by atoms with Crippen LogP contribution in [-0.2, 0) is 0 Å². The van der Waals surface area contributed by atoms with Gasteiger partial charge in [0.15, 0.2) is 0 Å². The molecule has 1 N–H and O–H groups in total. The minimum Gasteiger partial charge on any atom is -0.465 e. The van der Waals surface area contributed by atoms with Crippen LogP contribution in [-0.4, -0.2) is 28.7 Å². The molecule has 0 bridgehead atoms. The van der Waals surface area contributed by atoms with E-state index < -0.39 is 6.09 Å². The van der Waals surface area contributed by atoms with Gasteiger partial charge in [0.1, 0.15) is 0 Å². The highest BCUT2D eigenvalue weighted by Gasteiger charge is 2.64. The average molecular weight is 223 g/mol. The van der Waals surface area contributed by atoms with Gasteiger partial charge in [-0.1, -0.05) is 26.8 Å². The van der Waals surface area contributed by atoms with Gasteiger partial charge in [0.2, 0.25) is 0 Å². The van der Waals surface area contributed by atoms with Gasteiger partial charge >= 0.3 is 6.09 Å². The zero-order valence-corrected chi connectivity index (χ0v) is 10.4. The van der Waals surface area contributed by atoms with E-state index in [2.05, 4.69) is 27.4 Å². The monoisotopic (exact) mass is 223 g/mol. The first kappa shape index (κ1) is 11.5. The minimum atomic E-state index is -0.807. The van der Waals surface area contributed by atoms with E-state index in [4.69, 9.17) is 0 Å².